The van der Waals surface area contributed by atoms with Crippen LogP contribution in [0, 0.1) is 6.92 Å². The lowest BCUT2D eigenvalue weighted by Crippen LogP contribution is -2.35. The van der Waals surface area contributed by atoms with Gasteiger partial charge in [-0.1, -0.05) is 78.4 Å². The van der Waals surface area contributed by atoms with Gasteiger partial charge in [0.1, 0.15) is 5.82 Å². The van der Waals surface area contributed by atoms with E-state index in [4.69, 9.17) is 10.2 Å². The maximum atomic E-state index is 9.55. The van der Waals surface area contributed by atoms with Crippen LogP contribution >= 0.6 is 0 Å². The Balaban J connectivity index is 0.000000426. The fraction of sp³-hybridized carbons (Fsp3) is 0.257. The van der Waals surface area contributed by atoms with E-state index >= 15 is 0 Å². The van der Waals surface area contributed by atoms with Gasteiger partial charge in [0.2, 0.25) is 0 Å². The van der Waals surface area contributed by atoms with Gasteiger partial charge in [-0.15, -0.1) is 10.2 Å². The number of carbonyl (C=O) groups is 2. The van der Waals surface area contributed by atoms with E-state index in [0.29, 0.717) is 12.2 Å². The van der Waals surface area contributed by atoms with Crippen molar-refractivity contribution in [3.8, 4) is 5.69 Å². The number of carboxylic acid groups (broad SMARTS) is 2. The number of rotatable bonds is 8. The van der Waals surface area contributed by atoms with Crippen molar-refractivity contribution in [2.45, 2.75) is 32.7 Å². The van der Waals surface area contributed by atoms with E-state index in [2.05, 4.69) is 109 Å². The first kappa shape index (κ1) is 30.4. The van der Waals surface area contributed by atoms with Gasteiger partial charge in [-0.05, 0) is 61.6 Å². The molecule has 0 unspecified atom stereocenters. The predicted octanol–water partition coefficient (Wildman–Crippen LogP) is 5.60. The summed E-state index contributed by atoms with van der Waals surface area (Å²) in [4.78, 5) is 24.2. The van der Waals surface area contributed by atoms with Crippen LogP contribution in [-0.2, 0) is 16.1 Å². The number of fused-ring (bicyclic) bond motifs is 3. The first-order valence-electron chi connectivity index (χ1n) is 14.8. The molecule has 0 atom stereocenters. The monoisotopic (exact) mass is 591 g/mol. The molecule has 0 spiro atoms. The Morgan fingerprint density at radius 2 is 1.30 bits per heavy atom. The third kappa shape index (κ3) is 7.48. The number of hydrogen-bond acceptors (Lipinski definition) is 6. The third-order valence-corrected chi connectivity index (χ3v) is 7.90. The molecule has 0 amide bonds. The van der Waals surface area contributed by atoms with Crippen LogP contribution in [-0.4, -0.2) is 68.0 Å². The fourth-order valence-corrected chi connectivity index (χ4v) is 5.91. The highest BCUT2D eigenvalue weighted by molar-refractivity contribution is 5.89. The molecule has 2 N–H and O–H groups in total. The van der Waals surface area contributed by atoms with Gasteiger partial charge in [-0.3, -0.25) is 4.57 Å². The zero-order chi connectivity index (χ0) is 30.9. The number of likely N-dealkylation sites (tertiary alicyclic amines) is 1. The summed E-state index contributed by atoms with van der Waals surface area (Å²) >= 11 is 0. The molecule has 3 aromatic carbocycles. The van der Waals surface area contributed by atoms with E-state index in [0.717, 1.165) is 63.6 Å². The van der Waals surface area contributed by atoms with E-state index < -0.39 is 11.9 Å². The quantitative estimate of drug-likeness (QED) is 0.255. The molecule has 9 heteroatoms. The molecule has 3 heterocycles. The van der Waals surface area contributed by atoms with E-state index in [1.165, 1.54) is 28.1 Å². The Bertz CT molecular complexity index is 1580. The number of benzene rings is 3. The summed E-state index contributed by atoms with van der Waals surface area (Å²) in [6.07, 6.45) is 4.53. The highest BCUT2D eigenvalue weighted by Gasteiger charge is 2.25. The molecule has 2 aliphatic heterocycles. The summed E-state index contributed by atoms with van der Waals surface area (Å²) in [5.74, 6) is -0.521. The molecule has 6 rings (SSSR count). The standard InChI is InChI=1S/C31H33N5.C4H4O4/c1-24-32-33-30-23-35(28-15-8-9-16-29(28)36(24)30)20-10-19-34-21-17-27(18-22-34)31(25-11-4-2-5-12-25)26-13-6-3-7-14-26;5-3(6)1-2-4(7)8/h2-9,11-16H,10,17-23H2,1H3;1-2H,(H,5,6)(H,7,8). The molecule has 0 radical (unpaired) electrons. The number of aliphatic carboxylic acids is 2. The van der Waals surface area contributed by atoms with Gasteiger partial charge in [0.25, 0.3) is 0 Å². The van der Waals surface area contributed by atoms with Crippen molar-refractivity contribution >= 4 is 23.2 Å². The Morgan fingerprint density at radius 1 is 0.750 bits per heavy atom. The van der Waals surface area contributed by atoms with Crippen LogP contribution < -0.4 is 4.90 Å². The molecule has 226 valence electrons. The van der Waals surface area contributed by atoms with Crippen LogP contribution in [0.3, 0.4) is 0 Å². The lowest BCUT2D eigenvalue weighted by molar-refractivity contribution is -0.134. The van der Waals surface area contributed by atoms with Crippen LogP contribution in [0.25, 0.3) is 11.3 Å². The van der Waals surface area contributed by atoms with Gasteiger partial charge < -0.3 is 20.0 Å². The van der Waals surface area contributed by atoms with Crippen molar-refractivity contribution < 1.29 is 19.8 Å². The van der Waals surface area contributed by atoms with Crippen molar-refractivity contribution in [2.24, 2.45) is 0 Å². The molecular formula is C35H37N5O4. The summed E-state index contributed by atoms with van der Waals surface area (Å²) in [5, 5.41) is 24.4. The van der Waals surface area contributed by atoms with Gasteiger partial charge >= 0.3 is 11.9 Å². The summed E-state index contributed by atoms with van der Waals surface area (Å²) in [7, 11) is 0. The highest BCUT2D eigenvalue weighted by atomic mass is 16.4. The molecular weight excluding hydrogens is 554 g/mol. The lowest BCUT2D eigenvalue weighted by atomic mass is 9.88. The maximum absolute atomic E-state index is 9.55. The smallest absolute Gasteiger partial charge is 0.328 e. The van der Waals surface area contributed by atoms with E-state index in [-0.39, 0.29) is 0 Å². The Labute approximate surface area is 257 Å². The van der Waals surface area contributed by atoms with Crippen LogP contribution in [0.15, 0.2) is 103 Å². The van der Waals surface area contributed by atoms with Crippen LogP contribution in [0.2, 0.25) is 0 Å². The number of nitrogens with zero attached hydrogens (tertiary/aromatic N) is 5. The number of para-hydroxylation sites is 2. The van der Waals surface area contributed by atoms with Gasteiger partial charge in [0.15, 0.2) is 5.82 Å². The normalized spacial score (nSPS) is 14.4. The van der Waals surface area contributed by atoms with Crippen molar-refractivity contribution in [3.05, 3.63) is 125 Å². The summed E-state index contributed by atoms with van der Waals surface area (Å²) < 4.78 is 2.20. The zero-order valence-electron chi connectivity index (χ0n) is 24.8. The number of aromatic nitrogens is 3. The second-order valence-electron chi connectivity index (χ2n) is 10.8. The largest absolute Gasteiger partial charge is 0.478 e. The SMILES string of the molecule is Cc1nnc2n1-c1ccccc1N(CCCN1CCC(=C(c3ccccc3)c3ccccc3)CC1)C2.O=C(O)C=CC(=O)O. The van der Waals surface area contributed by atoms with Crippen LogP contribution in [0.1, 0.15) is 42.0 Å². The first-order valence-corrected chi connectivity index (χ1v) is 14.8. The second kappa shape index (κ2) is 14.4. The van der Waals surface area contributed by atoms with E-state index in [1.54, 1.807) is 5.57 Å². The maximum Gasteiger partial charge on any atom is 0.328 e. The Morgan fingerprint density at radius 3 is 1.86 bits per heavy atom. The summed E-state index contributed by atoms with van der Waals surface area (Å²) in [5.41, 5.74) is 8.16. The molecule has 0 aliphatic carbocycles. The van der Waals surface area contributed by atoms with Crippen molar-refractivity contribution in [3.63, 3.8) is 0 Å². The van der Waals surface area contributed by atoms with Crippen LogP contribution in [0.5, 0.6) is 0 Å². The number of anilines is 1. The minimum absolute atomic E-state index is 0.558. The Hall–Kier alpha value is -5.02. The number of piperidine rings is 1. The minimum atomic E-state index is -1.26. The van der Waals surface area contributed by atoms with E-state index in [9.17, 15) is 9.59 Å². The fourth-order valence-electron chi connectivity index (χ4n) is 5.91. The number of aryl methyl sites for hydroxylation is 1. The van der Waals surface area contributed by atoms with Crippen molar-refractivity contribution in [2.75, 3.05) is 31.1 Å². The highest BCUT2D eigenvalue weighted by Crippen LogP contribution is 2.34. The molecule has 4 aromatic rings. The number of carboxylic acids is 2. The van der Waals surface area contributed by atoms with E-state index in [1.807, 2.05) is 6.92 Å². The van der Waals surface area contributed by atoms with Crippen molar-refractivity contribution in [1.29, 1.82) is 0 Å². The van der Waals surface area contributed by atoms with Crippen molar-refractivity contribution in [1.82, 2.24) is 19.7 Å². The van der Waals surface area contributed by atoms with Gasteiger partial charge in [0.05, 0.1) is 17.9 Å². The molecule has 1 fully saturated rings. The number of hydrogen-bond donors (Lipinski definition) is 2. The third-order valence-electron chi connectivity index (χ3n) is 7.90. The summed E-state index contributed by atoms with van der Waals surface area (Å²) in [6.45, 7) is 7.27. The van der Waals surface area contributed by atoms with Gasteiger partial charge in [0, 0.05) is 31.8 Å². The molecule has 0 bridgehead atoms. The Kier molecular flexibility index (Phi) is 9.99. The molecule has 1 aromatic heterocycles. The lowest BCUT2D eigenvalue weighted by Gasteiger charge is -2.33. The first-order chi connectivity index (χ1) is 21.4. The molecule has 9 nitrogen and oxygen atoms in total. The zero-order valence-corrected chi connectivity index (χ0v) is 24.8. The molecule has 2 aliphatic rings. The summed E-state index contributed by atoms with van der Waals surface area (Å²) in [6, 6.07) is 30.4. The van der Waals surface area contributed by atoms with Gasteiger partial charge in [-0.2, -0.15) is 0 Å². The average Bonchev–Trinajstić information content (AvgIpc) is 3.42. The second-order valence-corrected chi connectivity index (χ2v) is 10.8. The van der Waals surface area contributed by atoms with Crippen LogP contribution in [0.4, 0.5) is 5.69 Å². The predicted molar refractivity (Wildman–Crippen MR) is 171 cm³/mol. The average molecular weight is 592 g/mol. The topological polar surface area (TPSA) is 112 Å². The molecule has 0 saturated carbocycles. The van der Waals surface area contributed by atoms with Gasteiger partial charge in [-0.25, -0.2) is 9.59 Å². The molecule has 44 heavy (non-hydrogen) atoms. The molecule has 1 saturated heterocycles. The minimum Gasteiger partial charge on any atom is -0.478 e.